The summed E-state index contributed by atoms with van der Waals surface area (Å²) in [6.45, 7) is 0.711. The van der Waals surface area contributed by atoms with Crippen LogP contribution in [0.15, 0.2) is 0 Å². The summed E-state index contributed by atoms with van der Waals surface area (Å²) in [6.07, 6.45) is 2.03. The minimum atomic E-state index is -1.30. The van der Waals surface area contributed by atoms with Gasteiger partial charge in [0.15, 0.2) is 0 Å². The molecule has 7 N–H and O–H groups in total. The molecule has 0 fully saturated rings. The molecule has 0 aromatic rings. The van der Waals surface area contributed by atoms with E-state index in [-0.39, 0.29) is 12.2 Å². The first-order valence-electron chi connectivity index (χ1n) is 7.78. The van der Waals surface area contributed by atoms with Crippen molar-refractivity contribution in [3.05, 3.63) is 0 Å². The molecule has 0 aliphatic carbocycles. The van der Waals surface area contributed by atoms with Crippen LogP contribution >= 0.6 is 24.4 Å². The summed E-state index contributed by atoms with van der Waals surface area (Å²) in [6, 6.07) is -4.41. The Bertz CT molecular complexity index is 506. The Morgan fingerprint density at radius 3 is 1.96 bits per heavy atom. The molecule has 0 bridgehead atoms. The number of carbonyl (C=O) groups is 4. The van der Waals surface area contributed by atoms with Gasteiger partial charge in [0.25, 0.3) is 0 Å². The zero-order valence-electron chi connectivity index (χ0n) is 14.6. The van der Waals surface area contributed by atoms with E-state index in [0.29, 0.717) is 5.75 Å². The molecule has 0 aromatic heterocycles. The maximum Gasteiger partial charge on any atom is 0.326 e. The predicted octanol–water partition coefficient (Wildman–Crippen LogP) is -2.45. The van der Waals surface area contributed by atoms with E-state index in [1.54, 1.807) is 0 Å². The summed E-state index contributed by atoms with van der Waals surface area (Å²) < 4.78 is 0. The standard InChI is InChI=1S/C14H26N4O6S2/c1-7(15)11(20)17-9(5-19)12(21)18-10(6-25)13(22)16-8(14(23)24)3-4-26-2/h7-10,19,25H,3-6,15H2,1-2H3,(H,16,22)(H,17,20)(H,18,21)(H,23,24). The second-order valence-corrected chi connectivity index (χ2v) is 6.81. The van der Waals surface area contributed by atoms with Crippen LogP contribution in [0.1, 0.15) is 13.3 Å². The SMILES string of the molecule is CSCCC(NC(=O)C(CS)NC(=O)C(CO)NC(=O)C(C)N)C(=O)O. The molecule has 0 aromatic carbocycles. The smallest absolute Gasteiger partial charge is 0.326 e. The van der Waals surface area contributed by atoms with Crippen molar-refractivity contribution in [2.75, 3.05) is 24.4 Å². The zero-order valence-corrected chi connectivity index (χ0v) is 16.3. The molecular weight excluding hydrogens is 384 g/mol. The third kappa shape index (κ3) is 8.74. The lowest BCUT2D eigenvalue weighted by atomic mass is 10.2. The van der Waals surface area contributed by atoms with Crippen molar-refractivity contribution in [3.63, 3.8) is 0 Å². The molecule has 0 saturated heterocycles. The number of carboxylic acids is 1. The number of amides is 3. The molecule has 4 atom stereocenters. The fourth-order valence-corrected chi connectivity index (χ4v) is 2.46. The van der Waals surface area contributed by atoms with E-state index in [0.717, 1.165) is 0 Å². The van der Waals surface area contributed by atoms with Crippen molar-refractivity contribution in [1.29, 1.82) is 0 Å². The molecule has 0 aliphatic heterocycles. The Morgan fingerprint density at radius 2 is 1.54 bits per heavy atom. The maximum atomic E-state index is 12.2. The summed E-state index contributed by atoms with van der Waals surface area (Å²) in [5.41, 5.74) is 5.38. The van der Waals surface area contributed by atoms with Gasteiger partial charge in [-0.3, -0.25) is 14.4 Å². The Balaban J connectivity index is 4.88. The normalized spacial score (nSPS) is 15.3. The number of aliphatic hydroxyl groups is 1. The van der Waals surface area contributed by atoms with E-state index in [1.807, 2.05) is 6.26 Å². The summed E-state index contributed by atoms with van der Waals surface area (Å²) in [4.78, 5) is 47.1. The van der Waals surface area contributed by atoms with Crippen LogP contribution in [0.5, 0.6) is 0 Å². The van der Waals surface area contributed by atoms with E-state index in [4.69, 9.17) is 10.8 Å². The monoisotopic (exact) mass is 410 g/mol. The summed E-state index contributed by atoms with van der Waals surface area (Å²) in [7, 11) is 0. The van der Waals surface area contributed by atoms with Crippen LogP contribution < -0.4 is 21.7 Å². The van der Waals surface area contributed by atoms with Gasteiger partial charge in [-0.25, -0.2) is 4.79 Å². The van der Waals surface area contributed by atoms with Gasteiger partial charge in [-0.2, -0.15) is 24.4 Å². The maximum absolute atomic E-state index is 12.2. The molecule has 0 saturated carbocycles. The molecule has 12 heteroatoms. The van der Waals surface area contributed by atoms with Gasteiger partial charge in [-0.1, -0.05) is 0 Å². The number of nitrogens with two attached hydrogens (primary N) is 1. The molecule has 3 amide bonds. The number of hydrogen-bond acceptors (Lipinski definition) is 8. The molecule has 10 nitrogen and oxygen atoms in total. The summed E-state index contributed by atoms with van der Waals surface area (Å²) >= 11 is 5.41. The van der Waals surface area contributed by atoms with Crippen molar-refractivity contribution in [2.45, 2.75) is 37.5 Å². The molecule has 0 aliphatic rings. The number of carboxylic acid groups (broad SMARTS) is 1. The van der Waals surface area contributed by atoms with E-state index in [1.165, 1.54) is 18.7 Å². The van der Waals surface area contributed by atoms with E-state index in [2.05, 4.69) is 28.6 Å². The van der Waals surface area contributed by atoms with Crippen LogP contribution in [0.2, 0.25) is 0 Å². The first-order valence-corrected chi connectivity index (χ1v) is 9.80. The number of rotatable bonds is 12. The number of thioether (sulfide) groups is 1. The summed E-state index contributed by atoms with van der Waals surface area (Å²) in [5.74, 6) is -2.94. The molecular formula is C14H26N4O6S2. The molecule has 0 heterocycles. The lowest BCUT2D eigenvalue weighted by Crippen LogP contribution is -2.58. The Labute approximate surface area is 161 Å². The zero-order chi connectivity index (χ0) is 20.3. The van der Waals surface area contributed by atoms with Crippen LogP contribution in [0.3, 0.4) is 0 Å². The number of thiol groups is 1. The fraction of sp³-hybridized carbons (Fsp3) is 0.714. The van der Waals surface area contributed by atoms with Gasteiger partial charge in [-0.15, -0.1) is 0 Å². The highest BCUT2D eigenvalue weighted by molar-refractivity contribution is 7.98. The Kier molecular flexibility index (Phi) is 12.1. The van der Waals surface area contributed by atoms with E-state index >= 15 is 0 Å². The number of aliphatic hydroxyl groups excluding tert-OH is 1. The molecule has 0 radical (unpaired) electrons. The summed E-state index contributed by atoms with van der Waals surface area (Å²) in [5, 5.41) is 25.3. The highest BCUT2D eigenvalue weighted by Crippen LogP contribution is 2.02. The van der Waals surface area contributed by atoms with Crippen molar-refractivity contribution in [2.24, 2.45) is 5.73 Å². The first-order chi connectivity index (χ1) is 12.2. The van der Waals surface area contributed by atoms with E-state index < -0.39 is 54.5 Å². The first kappa shape index (κ1) is 24.5. The quantitative estimate of drug-likeness (QED) is 0.174. The average molecular weight is 411 g/mol. The number of carbonyl (C=O) groups excluding carboxylic acids is 3. The minimum Gasteiger partial charge on any atom is -0.480 e. The van der Waals surface area contributed by atoms with E-state index in [9.17, 15) is 24.3 Å². The third-order valence-corrected chi connectivity index (χ3v) is 4.28. The van der Waals surface area contributed by atoms with Crippen molar-refractivity contribution in [1.82, 2.24) is 16.0 Å². The largest absolute Gasteiger partial charge is 0.480 e. The van der Waals surface area contributed by atoms with Crippen molar-refractivity contribution >= 4 is 48.1 Å². The minimum absolute atomic E-state index is 0.105. The van der Waals surface area contributed by atoms with Gasteiger partial charge < -0.3 is 31.9 Å². The van der Waals surface area contributed by atoms with Crippen LogP contribution in [0.25, 0.3) is 0 Å². The van der Waals surface area contributed by atoms with Crippen LogP contribution in [0.4, 0.5) is 0 Å². The average Bonchev–Trinajstić information content (AvgIpc) is 2.59. The highest BCUT2D eigenvalue weighted by atomic mass is 32.2. The molecule has 0 rings (SSSR count). The molecule has 150 valence electrons. The van der Waals surface area contributed by atoms with Gasteiger partial charge in [0.2, 0.25) is 17.7 Å². The second-order valence-electron chi connectivity index (χ2n) is 5.46. The molecule has 0 spiro atoms. The lowest BCUT2D eigenvalue weighted by molar-refractivity contribution is -0.142. The molecule has 4 unspecified atom stereocenters. The van der Waals surface area contributed by atoms with Gasteiger partial charge in [0.1, 0.15) is 18.1 Å². The van der Waals surface area contributed by atoms with Crippen molar-refractivity contribution < 1.29 is 29.4 Å². The van der Waals surface area contributed by atoms with Crippen LogP contribution in [-0.2, 0) is 19.2 Å². The Morgan fingerprint density at radius 1 is 1.04 bits per heavy atom. The van der Waals surface area contributed by atoms with Gasteiger partial charge in [0, 0.05) is 5.75 Å². The topological polar surface area (TPSA) is 171 Å². The van der Waals surface area contributed by atoms with Crippen molar-refractivity contribution in [3.8, 4) is 0 Å². The van der Waals surface area contributed by atoms with Gasteiger partial charge >= 0.3 is 5.97 Å². The fourth-order valence-electron chi connectivity index (χ4n) is 1.73. The number of hydrogen-bond donors (Lipinski definition) is 7. The van der Waals surface area contributed by atoms with Crippen LogP contribution in [-0.4, -0.2) is 82.4 Å². The second kappa shape index (κ2) is 12.8. The third-order valence-electron chi connectivity index (χ3n) is 3.27. The van der Waals surface area contributed by atoms with Crippen LogP contribution in [0, 0.1) is 0 Å². The predicted molar refractivity (Wildman–Crippen MR) is 101 cm³/mol. The lowest BCUT2D eigenvalue weighted by Gasteiger charge is -2.23. The molecule has 26 heavy (non-hydrogen) atoms. The van der Waals surface area contributed by atoms with Gasteiger partial charge in [-0.05, 0) is 25.4 Å². The number of aliphatic carboxylic acids is 1. The Hall–Kier alpha value is -1.50. The highest BCUT2D eigenvalue weighted by Gasteiger charge is 2.28. The van der Waals surface area contributed by atoms with Gasteiger partial charge in [0.05, 0.1) is 12.6 Å². The number of nitrogens with one attached hydrogen (secondary N) is 3.